The van der Waals surface area contributed by atoms with Gasteiger partial charge in [-0.2, -0.15) is 8.62 Å². The van der Waals surface area contributed by atoms with Gasteiger partial charge < -0.3 is 29.3 Å². The van der Waals surface area contributed by atoms with Gasteiger partial charge in [-0.3, -0.25) is 9.09 Å². The summed E-state index contributed by atoms with van der Waals surface area (Å²) in [6.45, 7) is 1.08. The summed E-state index contributed by atoms with van der Waals surface area (Å²) in [5.74, 6) is 0. The number of aromatic nitrogens is 2. The maximum absolute atomic E-state index is 14.9. The topological polar surface area (TPSA) is 190 Å². The van der Waals surface area contributed by atoms with Crippen LogP contribution in [0.15, 0.2) is 12.3 Å². The maximum Gasteiger partial charge on any atom is 0.490 e. The molecule has 160 valence electrons. The average molecular weight is 502 g/mol. The standard InChI is InChI=1S/C9H14FN2O11P3S2/c1-9(10)4-6(20-7(9)12-3-2-5(27)11-8(12)28)21-25(16,17)23-26(18,19)22-24(13,14)15/h2-3,6-7H,4H2,1H3,(H,16,17)(H,18,19)(H,11,27,28)(H2,13,14,15)/t6-,7-,9?/m1/s1. The number of alkyl halides is 1. The molecule has 1 aliphatic heterocycles. The zero-order valence-electron chi connectivity index (χ0n) is 13.6. The third-order valence-corrected chi connectivity index (χ3v) is 7.51. The Hall–Kier alpha value is -0.180. The van der Waals surface area contributed by atoms with Gasteiger partial charge in [-0.25, -0.2) is 18.1 Å². The van der Waals surface area contributed by atoms with Crippen molar-refractivity contribution in [3.63, 3.8) is 0 Å². The lowest BCUT2D eigenvalue weighted by molar-refractivity contribution is -0.119. The number of aromatic amines is 1. The van der Waals surface area contributed by atoms with E-state index in [0.717, 1.165) is 11.5 Å². The van der Waals surface area contributed by atoms with E-state index < -0.39 is 48.1 Å². The Morgan fingerprint density at radius 3 is 2.39 bits per heavy atom. The number of rotatable bonds is 7. The van der Waals surface area contributed by atoms with E-state index in [9.17, 15) is 23.0 Å². The van der Waals surface area contributed by atoms with E-state index >= 15 is 0 Å². The highest BCUT2D eigenvalue weighted by Gasteiger charge is 2.51. The molecule has 2 heterocycles. The molecule has 1 saturated heterocycles. The molecule has 5 N–H and O–H groups in total. The Balaban J connectivity index is 2.16. The summed E-state index contributed by atoms with van der Waals surface area (Å²) in [4.78, 5) is 38.2. The van der Waals surface area contributed by atoms with Gasteiger partial charge in [0, 0.05) is 12.6 Å². The van der Waals surface area contributed by atoms with E-state index in [0.29, 0.717) is 0 Å². The van der Waals surface area contributed by atoms with E-state index in [-0.39, 0.29) is 9.41 Å². The lowest BCUT2D eigenvalue weighted by Crippen LogP contribution is -2.28. The van der Waals surface area contributed by atoms with Crippen molar-refractivity contribution in [3.8, 4) is 0 Å². The molecule has 0 radical (unpaired) electrons. The molecule has 0 bridgehead atoms. The predicted octanol–water partition coefficient (Wildman–Crippen LogP) is 2.59. The van der Waals surface area contributed by atoms with E-state index in [2.05, 4.69) is 18.1 Å². The van der Waals surface area contributed by atoms with Crippen molar-refractivity contribution in [1.29, 1.82) is 0 Å². The van der Waals surface area contributed by atoms with Crippen molar-refractivity contribution >= 4 is 47.9 Å². The van der Waals surface area contributed by atoms with Crippen LogP contribution < -0.4 is 0 Å². The van der Waals surface area contributed by atoms with Gasteiger partial charge in [0.15, 0.2) is 23.0 Å². The van der Waals surface area contributed by atoms with E-state index in [1.807, 2.05) is 0 Å². The third-order valence-electron chi connectivity index (χ3n) is 3.13. The molecule has 0 spiro atoms. The smallest absolute Gasteiger partial charge is 0.325 e. The van der Waals surface area contributed by atoms with Crippen LogP contribution in [0.4, 0.5) is 4.39 Å². The van der Waals surface area contributed by atoms with Crippen LogP contribution in [-0.4, -0.2) is 41.1 Å². The van der Waals surface area contributed by atoms with Crippen molar-refractivity contribution in [3.05, 3.63) is 21.7 Å². The van der Waals surface area contributed by atoms with Gasteiger partial charge in [0.25, 0.3) is 0 Å². The molecular weight excluding hydrogens is 488 g/mol. The third kappa shape index (κ3) is 6.67. The molecule has 3 unspecified atom stereocenters. The second-order valence-corrected chi connectivity index (χ2v) is 10.8. The number of nitrogens with zero attached hydrogens (tertiary/aromatic N) is 1. The molecule has 0 amide bonds. The maximum atomic E-state index is 14.9. The highest BCUT2D eigenvalue weighted by atomic mass is 32.1. The lowest BCUT2D eigenvalue weighted by atomic mass is 10.1. The summed E-state index contributed by atoms with van der Waals surface area (Å²) in [7, 11) is -16.7. The van der Waals surface area contributed by atoms with Gasteiger partial charge in [0.1, 0.15) is 4.64 Å². The first kappa shape index (κ1) is 24.1. The molecule has 0 aromatic carbocycles. The van der Waals surface area contributed by atoms with Gasteiger partial charge in [-0.1, -0.05) is 12.2 Å². The first-order valence-corrected chi connectivity index (χ1v) is 12.3. The van der Waals surface area contributed by atoms with Crippen LogP contribution in [0.5, 0.6) is 0 Å². The summed E-state index contributed by atoms with van der Waals surface area (Å²) in [6.07, 6.45) is -2.49. The van der Waals surface area contributed by atoms with Gasteiger partial charge in [-0.15, -0.1) is 0 Å². The quantitative estimate of drug-likeness (QED) is 0.270. The molecule has 5 atom stereocenters. The highest BCUT2D eigenvalue weighted by Crippen LogP contribution is 2.67. The first-order valence-electron chi connectivity index (χ1n) is 6.98. The summed E-state index contributed by atoms with van der Waals surface area (Å²) in [5, 5.41) is 0. The van der Waals surface area contributed by atoms with Crippen LogP contribution in [0, 0.1) is 9.41 Å². The zero-order valence-corrected chi connectivity index (χ0v) is 18.0. The number of nitrogens with one attached hydrogen (secondary N) is 1. The van der Waals surface area contributed by atoms with Crippen molar-refractivity contribution in [2.45, 2.75) is 31.5 Å². The number of ether oxygens (including phenoxy) is 1. The molecular formula is C9H14FN2O11P3S2. The van der Waals surface area contributed by atoms with Gasteiger partial charge in [0.05, 0.1) is 0 Å². The number of hydrogen-bond acceptors (Lipinski definition) is 9. The molecule has 1 aromatic rings. The Morgan fingerprint density at radius 1 is 1.25 bits per heavy atom. The van der Waals surface area contributed by atoms with Crippen LogP contribution in [0.2, 0.25) is 0 Å². The second-order valence-electron chi connectivity index (χ2n) is 5.61. The van der Waals surface area contributed by atoms with Gasteiger partial charge >= 0.3 is 23.5 Å². The van der Waals surface area contributed by atoms with Gasteiger partial charge in [-0.05, 0) is 25.2 Å². The van der Waals surface area contributed by atoms with E-state index in [1.165, 1.54) is 12.3 Å². The van der Waals surface area contributed by atoms with Crippen molar-refractivity contribution in [1.82, 2.24) is 9.55 Å². The molecule has 28 heavy (non-hydrogen) atoms. The Labute approximate surface area is 166 Å². The molecule has 1 fully saturated rings. The molecule has 1 aromatic heterocycles. The largest absolute Gasteiger partial charge is 0.490 e. The highest BCUT2D eigenvalue weighted by molar-refractivity contribution is 7.72. The Morgan fingerprint density at radius 2 is 1.86 bits per heavy atom. The SMILES string of the molecule is CC1(F)C[C@@H](OP(=O)(O)OP(=O)(O)OP(=O)(O)O)O[C@H]1n1ccc(=S)[nH]c1=S. The van der Waals surface area contributed by atoms with E-state index in [1.54, 1.807) is 0 Å². The molecule has 19 heteroatoms. The zero-order chi connectivity index (χ0) is 21.5. The molecule has 2 rings (SSSR count). The summed E-state index contributed by atoms with van der Waals surface area (Å²) in [6, 6.07) is 1.39. The fourth-order valence-corrected chi connectivity index (χ4v) is 5.81. The minimum absolute atomic E-state index is 0.0136. The summed E-state index contributed by atoms with van der Waals surface area (Å²) >= 11 is 9.89. The molecule has 0 aliphatic carbocycles. The van der Waals surface area contributed by atoms with Crippen LogP contribution >= 0.6 is 47.9 Å². The second kappa shape index (κ2) is 8.16. The number of phosphoric acid groups is 3. The van der Waals surface area contributed by atoms with E-state index in [4.69, 9.17) is 43.9 Å². The predicted molar refractivity (Wildman–Crippen MR) is 93.4 cm³/mol. The summed E-state index contributed by atoms with van der Waals surface area (Å²) in [5.41, 5.74) is -2.18. The minimum Gasteiger partial charge on any atom is -0.325 e. The van der Waals surface area contributed by atoms with Crippen LogP contribution in [-0.2, 0) is 31.6 Å². The van der Waals surface area contributed by atoms with Crippen LogP contribution in [0.25, 0.3) is 0 Å². The monoisotopic (exact) mass is 502 g/mol. The van der Waals surface area contributed by atoms with Crippen LogP contribution in [0.3, 0.4) is 0 Å². The normalized spacial score (nSPS) is 29.9. The minimum atomic E-state index is -5.70. The molecule has 13 nitrogen and oxygen atoms in total. The van der Waals surface area contributed by atoms with Crippen molar-refractivity contribution in [2.24, 2.45) is 0 Å². The summed E-state index contributed by atoms with van der Waals surface area (Å²) < 4.78 is 66.8. The first-order chi connectivity index (χ1) is 12.5. The molecule has 1 aliphatic rings. The number of phosphoric ester groups is 1. The van der Waals surface area contributed by atoms with Gasteiger partial charge in [0.2, 0.25) is 0 Å². The fourth-order valence-electron chi connectivity index (χ4n) is 2.24. The van der Waals surface area contributed by atoms with Crippen molar-refractivity contribution < 1.29 is 55.5 Å². The Kier molecular flexibility index (Phi) is 7.02. The Bertz CT molecular complexity index is 1010. The number of H-pyrrole nitrogens is 1. The fraction of sp³-hybridized carbons (Fsp3) is 0.556. The molecule has 0 saturated carbocycles. The number of halogens is 1. The van der Waals surface area contributed by atoms with Crippen molar-refractivity contribution in [2.75, 3.05) is 0 Å². The number of hydrogen-bond donors (Lipinski definition) is 5. The lowest BCUT2D eigenvalue weighted by Gasteiger charge is -2.23. The average Bonchev–Trinajstić information content (AvgIpc) is 2.67. The van der Waals surface area contributed by atoms with Crippen LogP contribution in [0.1, 0.15) is 19.6 Å².